The molecule has 2 aromatic carbocycles. The Labute approximate surface area is 185 Å². The Kier molecular flexibility index (Phi) is 8.91. The molecule has 166 valence electrons. The molecule has 2 aromatic rings. The van der Waals surface area contributed by atoms with E-state index in [4.69, 9.17) is 4.74 Å². The fourth-order valence-electron chi connectivity index (χ4n) is 3.85. The van der Waals surface area contributed by atoms with Gasteiger partial charge in [0.2, 0.25) is 5.91 Å². The lowest BCUT2D eigenvalue weighted by atomic mass is 10.1. The zero-order valence-corrected chi connectivity index (χ0v) is 18.4. The van der Waals surface area contributed by atoms with E-state index in [9.17, 15) is 9.59 Å². The molecule has 1 aliphatic rings. The lowest BCUT2D eigenvalue weighted by Gasteiger charge is -2.30. The van der Waals surface area contributed by atoms with Gasteiger partial charge in [-0.3, -0.25) is 9.59 Å². The summed E-state index contributed by atoms with van der Waals surface area (Å²) in [4.78, 5) is 27.7. The van der Waals surface area contributed by atoms with Gasteiger partial charge in [-0.15, -0.1) is 0 Å². The van der Waals surface area contributed by atoms with Gasteiger partial charge in [-0.05, 0) is 55.9 Å². The lowest BCUT2D eigenvalue weighted by molar-refractivity contribution is -0.116. The van der Waals surface area contributed by atoms with Crippen molar-refractivity contribution in [1.29, 1.82) is 0 Å². The zero-order chi connectivity index (χ0) is 21.9. The van der Waals surface area contributed by atoms with Crippen molar-refractivity contribution >= 4 is 23.2 Å². The van der Waals surface area contributed by atoms with E-state index in [1.807, 2.05) is 42.5 Å². The van der Waals surface area contributed by atoms with Gasteiger partial charge in [0.05, 0.1) is 5.56 Å². The Hall–Kier alpha value is -2.86. The number of nitrogens with zero attached hydrogens (tertiary/aromatic N) is 1. The van der Waals surface area contributed by atoms with Crippen molar-refractivity contribution in [2.75, 3.05) is 43.6 Å². The van der Waals surface area contributed by atoms with Crippen molar-refractivity contribution in [1.82, 2.24) is 5.32 Å². The van der Waals surface area contributed by atoms with Gasteiger partial charge < -0.3 is 20.3 Å². The van der Waals surface area contributed by atoms with Crippen LogP contribution in [0.1, 0.15) is 48.0 Å². The zero-order valence-electron chi connectivity index (χ0n) is 18.4. The minimum absolute atomic E-state index is 0.0546. The van der Waals surface area contributed by atoms with Gasteiger partial charge in [0.15, 0.2) is 0 Å². The number of hydrogen-bond donors (Lipinski definition) is 2. The highest BCUT2D eigenvalue weighted by Gasteiger charge is 2.19. The normalized spacial score (nSPS) is 13.6. The van der Waals surface area contributed by atoms with E-state index in [1.54, 1.807) is 13.2 Å². The Bertz CT molecular complexity index is 848. The molecule has 6 heteroatoms. The molecule has 0 saturated carbocycles. The van der Waals surface area contributed by atoms with Gasteiger partial charge in [0, 0.05) is 51.1 Å². The van der Waals surface area contributed by atoms with Crippen molar-refractivity contribution in [2.24, 2.45) is 0 Å². The Morgan fingerprint density at radius 2 is 1.81 bits per heavy atom. The molecule has 3 rings (SSSR count). The highest BCUT2D eigenvalue weighted by molar-refractivity contribution is 6.02. The summed E-state index contributed by atoms with van der Waals surface area (Å²) in [5.74, 6) is -0.168. The fourth-order valence-corrected chi connectivity index (χ4v) is 3.85. The summed E-state index contributed by atoms with van der Waals surface area (Å²) >= 11 is 0. The van der Waals surface area contributed by atoms with Crippen LogP contribution in [0.5, 0.6) is 0 Å². The third kappa shape index (κ3) is 7.10. The summed E-state index contributed by atoms with van der Waals surface area (Å²) in [7, 11) is 1.65. The first kappa shape index (κ1) is 22.8. The molecule has 1 aliphatic heterocycles. The summed E-state index contributed by atoms with van der Waals surface area (Å²) in [5, 5.41) is 5.94. The van der Waals surface area contributed by atoms with Crippen LogP contribution in [0.25, 0.3) is 0 Å². The maximum Gasteiger partial charge on any atom is 0.253 e. The average Bonchev–Trinajstić information content (AvgIpc) is 2.81. The minimum atomic E-state index is -0.114. The predicted octanol–water partition coefficient (Wildman–Crippen LogP) is 4.01. The second-order valence-electron chi connectivity index (χ2n) is 7.92. The largest absolute Gasteiger partial charge is 0.385 e. The SMILES string of the molecule is COCCCNC(=O)c1cc(NC(=O)CCc2ccccc2)ccc1N1CCCCC1. The number of anilines is 2. The van der Waals surface area contributed by atoms with E-state index >= 15 is 0 Å². The molecule has 0 spiro atoms. The molecule has 0 bridgehead atoms. The molecule has 2 amide bonds. The van der Waals surface area contributed by atoms with Gasteiger partial charge in [-0.25, -0.2) is 0 Å². The highest BCUT2D eigenvalue weighted by Crippen LogP contribution is 2.27. The molecule has 1 fully saturated rings. The Morgan fingerprint density at radius 3 is 2.55 bits per heavy atom. The number of aryl methyl sites for hydroxylation is 1. The molecule has 0 radical (unpaired) electrons. The summed E-state index contributed by atoms with van der Waals surface area (Å²) in [6.45, 7) is 3.07. The maximum absolute atomic E-state index is 12.9. The van der Waals surface area contributed by atoms with Gasteiger partial charge in [-0.2, -0.15) is 0 Å². The van der Waals surface area contributed by atoms with Crippen LogP contribution in [0.3, 0.4) is 0 Å². The van der Waals surface area contributed by atoms with Crippen LogP contribution >= 0.6 is 0 Å². The molecular weight excluding hydrogens is 390 g/mol. The molecule has 31 heavy (non-hydrogen) atoms. The second-order valence-corrected chi connectivity index (χ2v) is 7.92. The summed E-state index contributed by atoms with van der Waals surface area (Å²) < 4.78 is 5.06. The molecule has 2 N–H and O–H groups in total. The monoisotopic (exact) mass is 423 g/mol. The predicted molar refractivity (Wildman–Crippen MR) is 125 cm³/mol. The molecule has 0 aliphatic carbocycles. The summed E-state index contributed by atoms with van der Waals surface area (Å²) in [5.41, 5.74) is 3.33. The van der Waals surface area contributed by atoms with E-state index in [0.29, 0.717) is 37.2 Å². The molecule has 1 heterocycles. The third-order valence-electron chi connectivity index (χ3n) is 5.52. The van der Waals surface area contributed by atoms with E-state index in [1.165, 1.54) is 6.42 Å². The number of benzene rings is 2. The van der Waals surface area contributed by atoms with Crippen molar-refractivity contribution in [3.05, 3.63) is 59.7 Å². The second kappa shape index (κ2) is 12.1. The number of piperidine rings is 1. The molecule has 0 atom stereocenters. The smallest absolute Gasteiger partial charge is 0.253 e. The van der Waals surface area contributed by atoms with Crippen LogP contribution in [0.4, 0.5) is 11.4 Å². The molecule has 0 unspecified atom stereocenters. The first-order valence-corrected chi connectivity index (χ1v) is 11.2. The number of rotatable bonds is 10. The van der Waals surface area contributed by atoms with Crippen molar-refractivity contribution in [2.45, 2.75) is 38.5 Å². The first-order chi connectivity index (χ1) is 15.2. The van der Waals surface area contributed by atoms with E-state index < -0.39 is 0 Å². The third-order valence-corrected chi connectivity index (χ3v) is 5.52. The standard InChI is InChI=1S/C25H33N3O3/c1-31-18-8-15-26-25(30)22-19-21(12-13-23(22)28-16-6-3-7-17-28)27-24(29)14-11-20-9-4-2-5-10-20/h2,4-5,9-10,12-13,19H,3,6-8,11,14-18H2,1H3,(H,26,30)(H,27,29). The van der Waals surface area contributed by atoms with Gasteiger partial charge in [-0.1, -0.05) is 30.3 Å². The van der Waals surface area contributed by atoms with Crippen LogP contribution in [0.15, 0.2) is 48.5 Å². The van der Waals surface area contributed by atoms with Crippen LogP contribution in [-0.4, -0.2) is 45.2 Å². The van der Waals surface area contributed by atoms with Crippen LogP contribution < -0.4 is 15.5 Å². The number of nitrogens with one attached hydrogen (secondary N) is 2. The number of carbonyl (C=O) groups is 2. The number of amides is 2. The first-order valence-electron chi connectivity index (χ1n) is 11.2. The fraction of sp³-hybridized carbons (Fsp3) is 0.440. The van der Waals surface area contributed by atoms with Gasteiger partial charge in [0.25, 0.3) is 5.91 Å². The van der Waals surface area contributed by atoms with Gasteiger partial charge in [0.1, 0.15) is 0 Å². The summed E-state index contributed by atoms with van der Waals surface area (Å²) in [6.07, 6.45) is 5.34. The lowest BCUT2D eigenvalue weighted by Crippen LogP contribution is -2.33. The van der Waals surface area contributed by atoms with Gasteiger partial charge >= 0.3 is 0 Å². The number of ether oxygens (including phenoxy) is 1. The molecule has 0 aromatic heterocycles. The molecular formula is C25H33N3O3. The topological polar surface area (TPSA) is 70.7 Å². The van der Waals surface area contributed by atoms with E-state index in [-0.39, 0.29) is 11.8 Å². The Morgan fingerprint density at radius 1 is 1.03 bits per heavy atom. The number of methoxy groups -OCH3 is 1. The van der Waals surface area contributed by atoms with Crippen LogP contribution in [0, 0.1) is 0 Å². The maximum atomic E-state index is 12.9. The van der Waals surface area contributed by atoms with Crippen molar-refractivity contribution in [3.8, 4) is 0 Å². The van der Waals surface area contributed by atoms with Crippen molar-refractivity contribution in [3.63, 3.8) is 0 Å². The quantitative estimate of drug-likeness (QED) is 0.567. The highest BCUT2D eigenvalue weighted by atomic mass is 16.5. The van der Waals surface area contributed by atoms with Crippen LogP contribution in [0.2, 0.25) is 0 Å². The number of hydrogen-bond acceptors (Lipinski definition) is 4. The van der Waals surface area contributed by atoms with Crippen LogP contribution in [-0.2, 0) is 16.0 Å². The van der Waals surface area contributed by atoms with E-state index in [2.05, 4.69) is 15.5 Å². The Balaban J connectivity index is 1.68. The minimum Gasteiger partial charge on any atom is -0.385 e. The van der Waals surface area contributed by atoms with E-state index in [0.717, 1.165) is 43.6 Å². The average molecular weight is 424 g/mol. The molecule has 6 nitrogen and oxygen atoms in total. The van der Waals surface area contributed by atoms with Crippen molar-refractivity contribution < 1.29 is 14.3 Å². The molecule has 1 saturated heterocycles. The summed E-state index contributed by atoms with van der Waals surface area (Å²) in [6, 6.07) is 15.6. The number of carbonyl (C=O) groups excluding carboxylic acids is 2.